The van der Waals surface area contributed by atoms with Crippen molar-refractivity contribution in [2.75, 3.05) is 11.1 Å². The summed E-state index contributed by atoms with van der Waals surface area (Å²) in [5.74, 6) is 1.14. The van der Waals surface area contributed by atoms with Crippen LogP contribution in [0.3, 0.4) is 0 Å². The van der Waals surface area contributed by atoms with Crippen LogP contribution < -0.4 is 5.32 Å². The molecule has 156 valence electrons. The monoisotopic (exact) mass is 432 g/mol. The Labute approximate surface area is 183 Å². The average Bonchev–Trinajstić information content (AvgIpc) is 3.37. The van der Waals surface area contributed by atoms with Crippen molar-refractivity contribution in [3.8, 4) is 22.6 Å². The fraction of sp³-hybridized carbons (Fsp3) is 0.227. The SMILES string of the molecule is Cc1ccc(-c2cc(NC(=O)CSc3nnc(-c4ccncc4)n3C3CC3)on2)cc1. The van der Waals surface area contributed by atoms with Crippen LogP contribution in [-0.4, -0.2) is 36.6 Å². The van der Waals surface area contributed by atoms with Gasteiger partial charge in [-0.1, -0.05) is 46.7 Å². The highest BCUT2D eigenvalue weighted by atomic mass is 32.2. The Kier molecular flexibility index (Phi) is 5.25. The highest BCUT2D eigenvalue weighted by Gasteiger charge is 2.30. The molecule has 1 fully saturated rings. The van der Waals surface area contributed by atoms with Gasteiger partial charge in [0.25, 0.3) is 0 Å². The number of anilines is 1. The van der Waals surface area contributed by atoms with Gasteiger partial charge in [-0.25, -0.2) is 0 Å². The summed E-state index contributed by atoms with van der Waals surface area (Å²) in [6, 6.07) is 13.9. The normalized spacial score (nSPS) is 13.3. The largest absolute Gasteiger partial charge is 0.338 e. The first kappa shape index (κ1) is 19.5. The van der Waals surface area contributed by atoms with Crippen LogP contribution in [-0.2, 0) is 4.79 Å². The van der Waals surface area contributed by atoms with Crippen LogP contribution in [0.4, 0.5) is 5.88 Å². The van der Waals surface area contributed by atoms with Gasteiger partial charge in [0.2, 0.25) is 11.8 Å². The number of hydrogen-bond acceptors (Lipinski definition) is 7. The molecular formula is C22H20N6O2S. The van der Waals surface area contributed by atoms with Crippen LogP contribution in [0.1, 0.15) is 24.4 Å². The molecular weight excluding hydrogens is 412 g/mol. The molecule has 1 aliphatic rings. The molecule has 4 aromatic rings. The highest BCUT2D eigenvalue weighted by molar-refractivity contribution is 7.99. The topological polar surface area (TPSA) is 98.7 Å². The van der Waals surface area contributed by atoms with E-state index in [2.05, 4.69) is 30.2 Å². The Morgan fingerprint density at radius 2 is 1.90 bits per heavy atom. The number of carbonyl (C=O) groups is 1. The van der Waals surface area contributed by atoms with Crippen molar-refractivity contribution in [2.45, 2.75) is 31.0 Å². The third kappa shape index (κ3) is 4.36. The van der Waals surface area contributed by atoms with Crippen molar-refractivity contribution in [1.29, 1.82) is 0 Å². The summed E-state index contributed by atoms with van der Waals surface area (Å²) >= 11 is 1.36. The Morgan fingerprint density at radius 1 is 1.13 bits per heavy atom. The summed E-state index contributed by atoms with van der Waals surface area (Å²) in [6.45, 7) is 2.03. The second-order valence-corrected chi connectivity index (χ2v) is 8.37. The van der Waals surface area contributed by atoms with Gasteiger partial charge in [-0.2, -0.15) is 0 Å². The smallest absolute Gasteiger partial charge is 0.237 e. The second-order valence-electron chi connectivity index (χ2n) is 7.42. The maximum atomic E-state index is 12.5. The van der Waals surface area contributed by atoms with Crippen LogP contribution in [0.5, 0.6) is 0 Å². The quantitative estimate of drug-likeness (QED) is 0.433. The molecule has 0 saturated heterocycles. The number of rotatable bonds is 7. The first-order chi connectivity index (χ1) is 15.2. The lowest BCUT2D eigenvalue weighted by molar-refractivity contribution is -0.113. The van der Waals surface area contributed by atoms with Crippen LogP contribution in [0.25, 0.3) is 22.6 Å². The number of benzene rings is 1. The molecule has 0 aliphatic heterocycles. The van der Waals surface area contributed by atoms with E-state index in [1.54, 1.807) is 18.5 Å². The molecule has 31 heavy (non-hydrogen) atoms. The minimum absolute atomic E-state index is 0.188. The average molecular weight is 433 g/mol. The standard InChI is InChI=1S/C22H20N6O2S/c1-14-2-4-15(5-3-14)18-12-20(30-27-18)24-19(29)13-31-22-26-25-21(28(22)17-6-7-17)16-8-10-23-11-9-16/h2-5,8-12,17H,6-7,13H2,1H3,(H,24,29). The van der Waals surface area contributed by atoms with E-state index in [4.69, 9.17) is 4.52 Å². The van der Waals surface area contributed by atoms with Crippen molar-refractivity contribution >= 4 is 23.6 Å². The number of hydrogen-bond donors (Lipinski definition) is 1. The Hall–Kier alpha value is -3.46. The van der Waals surface area contributed by atoms with Gasteiger partial charge in [0, 0.05) is 35.6 Å². The number of aromatic nitrogens is 5. The molecule has 0 atom stereocenters. The van der Waals surface area contributed by atoms with E-state index < -0.39 is 0 Å². The zero-order valence-corrected chi connectivity index (χ0v) is 17.7. The number of aryl methyl sites for hydroxylation is 1. The molecule has 9 heteroatoms. The van der Waals surface area contributed by atoms with E-state index in [0.29, 0.717) is 17.6 Å². The minimum atomic E-state index is -0.188. The Bertz CT molecular complexity index is 1200. The highest BCUT2D eigenvalue weighted by Crippen LogP contribution is 2.41. The molecule has 1 aromatic carbocycles. The Balaban J connectivity index is 1.24. The molecule has 8 nitrogen and oxygen atoms in total. The molecule has 1 aliphatic carbocycles. The predicted molar refractivity (Wildman–Crippen MR) is 118 cm³/mol. The molecule has 0 unspecified atom stereocenters. The number of thioether (sulfide) groups is 1. The van der Waals surface area contributed by atoms with Gasteiger partial charge < -0.3 is 4.52 Å². The van der Waals surface area contributed by atoms with E-state index in [0.717, 1.165) is 34.9 Å². The fourth-order valence-electron chi connectivity index (χ4n) is 3.23. The zero-order chi connectivity index (χ0) is 21.2. The third-order valence-electron chi connectivity index (χ3n) is 4.97. The lowest BCUT2D eigenvalue weighted by Crippen LogP contribution is -2.14. The minimum Gasteiger partial charge on any atom is -0.338 e. The zero-order valence-electron chi connectivity index (χ0n) is 16.9. The molecule has 1 N–H and O–H groups in total. The lowest BCUT2D eigenvalue weighted by Gasteiger charge is -2.08. The van der Waals surface area contributed by atoms with Gasteiger partial charge in [-0.3, -0.25) is 19.7 Å². The second kappa shape index (κ2) is 8.35. The van der Waals surface area contributed by atoms with Gasteiger partial charge in [0.15, 0.2) is 11.0 Å². The summed E-state index contributed by atoms with van der Waals surface area (Å²) in [7, 11) is 0. The number of pyridine rings is 1. The van der Waals surface area contributed by atoms with Crippen LogP contribution in [0, 0.1) is 6.92 Å². The molecule has 3 heterocycles. The van der Waals surface area contributed by atoms with Crippen molar-refractivity contribution in [1.82, 2.24) is 24.9 Å². The van der Waals surface area contributed by atoms with Gasteiger partial charge in [-0.15, -0.1) is 10.2 Å². The molecule has 1 amide bonds. The number of nitrogens with one attached hydrogen (secondary N) is 1. The fourth-order valence-corrected chi connectivity index (χ4v) is 4.04. The molecule has 0 radical (unpaired) electrons. The van der Waals surface area contributed by atoms with E-state index in [1.807, 2.05) is 43.3 Å². The summed E-state index contributed by atoms with van der Waals surface area (Å²) < 4.78 is 7.40. The first-order valence-electron chi connectivity index (χ1n) is 9.99. The summed E-state index contributed by atoms with van der Waals surface area (Å²) in [5.41, 5.74) is 3.75. The molecule has 3 aromatic heterocycles. The van der Waals surface area contributed by atoms with Crippen molar-refractivity contribution in [3.63, 3.8) is 0 Å². The van der Waals surface area contributed by atoms with Gasteiger partial charge in [0.1, 0.15) is 5.69 Å². The number of amides is 1. The van der Waals surface area contributed by atoms with Gasteiger partial charge in [-0.05, 0) is 31.9 Å². The van der Waals surface area contributed by atoms with Crippen molar-refractivity contribution in [2.24, 2.45) is 0 Å². The summed E-state index contributed by atoms with van der Waals surface area (Å²) in [6.07, 6.45) is 5.67. The van der Waals surface area contributed by atoms with Gasteiger partial charge >= 0.3 is 0 Å². The van der Waals surface area contributed by atoms with Gasteiger partial charge in [0.05, 0.1) is 5.75 Å². The first-order valence-corrected chi connectivity index (χ1v) is 11.0. The lowest BCUT2D eigenvalue weighted by atomic mass is 10.1. The van der Waals surface area contributed by atoms with Crippen LogP contribution in [0.15, 0.2) is 64.5 Å². The van der Waals surface area contributed by atoms with Crippen LogP contribution >= 0.6 is 11.8 Å². The number of carbonyl (C=O) groups excluding carboxylic acids is 1. The Morgan fingerprint density at radius 3 is 2.65 bits per heavy atom. The molecule has 0 bridgehead atoms. The maximum Gasteiger partial charge on any atom is 0.237 e. The maximum absolute atomic E-state index is 12.5. The third-order valence-corrected chi connectivity index (χ3v) is 5.91. The van der Waals surface area contributed by atoms with Crippen LogP contribution in [0.2, 0.25) is 0 Å². The molecule has 0 spiro atoms. The molecule has 5 rings (SSSR count). The number of nitrogens with zero attached hydrogens (tertiary/aromatic N) is 5. The predicted octanol–water partition coefficient (Wildman–Crippen LogP) is 4.37. The summed E-state index contributed by atoms with van der Waals surface area (Å²) in [5, 5.41) is 16.2. The summed E-state index contributed by atoms with van der Waals surface area (Å²) in [4.78, 5) is 16.5. The van der Waals surface area contributed by atoms with Crippen molar-refractivity contribution < 1.29 is 9.32 Å². The van der Waals surface area contributed by atoms with Crippen molar-refractivity contribution in [3.05, 3.63) is 60.4 Å². The van der Waals surface area contributed by atoms with E-state index >= 15 is 0 Å². The van der Waals surface area contributed by atoms with E-state index in [1.165, 1.54) is 17.3 Å². The molecule has 1 saturated carbocycles. The van der Waals surface area contributed by atoms with E-state index in [9.17, 15) is 4.79 Å². The van der Waals surface area contributed by atoms with E-state index in [-0.39, 0.29) is 11.7 Å².